The van der Waals surface area contributed by atoms with E-state index in [1.54, 1.807) is 0 Å². The van der Waals surface area contributed by atoms with Crippen LogP contribution in [0.1, 0.15) is 30.4 Å². The first-order valence-electron chi connectivity index (χ1n) is 7.68. The van der Waals surface area contributed by atoms with Crippen molar-refractivity contribution in [2.75, 3.05) is 26.3 Å². The number of ether oxygens (including phenoxy) is 1. The molecule has 2 rings (SSSR count). The van der Waals surface area contributed by atoms with Crippen molar-refractivity contribution in [1.29, 1.82) is 0 Å². The quantitative estimate of drug-likeness (QED) is 0.905. The summed E-state index contributed by atoms with van der Waals surface area (Å²) in [5.41, 5.74) is 2.34. The van der Waals surface area contributed by atoms with E-state index in [9.17, 15) is 4.79 Å². The van der Waals surface area contributed by atoms with Gasteiger partial charge < -0.3 is 14.7 Å². The molecule has 0 atom stereocenters. The highest BCUT2D eigenvalue weighted by Crippen LogP contribution is 2.18. The Kier molecular flexibility index (Phi) is 5.62. The number of aliphatic hydroxyl groups excluding tert-OH is 1. The molecule has 0 aliphatic carbocycles. The number of rotatable bonds is 5. The first-order chi connectivity index (χ1) is 10.1. The van der Waals surface area contributed by atoms with Gasteiger partial charge in [-0.05, 0) is 55.9 Å². The molecule has 0 unspecified atom stereocenters. The van der Waals surface area contributed by atoms with Gasteiger partial charge in [0.05, 0.1) is 13.0 Å². The largest absolute Gasteiger partial charge is 0.493 e. The lowest BCUT2D eigenvalue weighted by molar-refractivity contribution is -0.133. The van der Waals surface area contributed by atoms with Crippen LogP contribution in [0.15, 0.2) is 18.2 Å². The van der Waals surface area contributed by atoms with Gasteiger partial charge in [0.25, 0.3) is 0 Å². The van der Waals surface area contributed by atoms with E-state index >= 15 is 0 Å². The van der Waals surface area contributed by atoms with Crippen molar-refractivity contribution >= 4 is 5.91 Å². The van der Waals surface area contributed by atoms with Crippen molar-refractivity contribution in [2.24, 2.45) is 5.92 Å². The van der Waals surface area contributed by atoms with Gasteiger partial charge in [-0.3, -0.25) is 4.79 Å². The van der Waals surface area contributed by atoms with Crippen LogP contribution in [-0.4, -0.2) is 42.2 Å². The van der Waals surface area contributed by atoms with Crippen molar-refractivity contribution in [3.63, 3.8) is 0 Å². The van der Waals surface area contributed by atoms with E-state index in [2.05, 4.69) is 6.07 Å². The average molecular weight is 291 g/mol. The van der Waals surface area contributed by atoms with Crippen molar-refractivity contribution < 1.29 is 14.6 Å². The van der Waals surface area contributed by atoms with Crippen LogP contribution in [0.4, 0.5) is 0 Å². The monoisotopic (exact) mass is 291 g/mol. The molecule has 1 heterocycles. The number of benzene rings is 1. The molecular formula is C17H25NO3. The molecule has 1 N–H and O–H groups in total. The van der Waals surface area contributed by atoms with E-state index in [1.807, 2.05) is 30.9 Å². The first kappa shape index (κ1) is 15.8. The molecule has 1 amide bonds. The zero-order chi connectivity index (χ0) is 15.2. The van der Waals surface area contributed by atoms with E-state index in [4.69, 9.17) is 9.84 Å². The van der Waals surface area contributed by atoms with Crippen molar-refractivity contribution in [3.05, 3.63) is 29.3 Å². The number of aryl methyl sites for hydroxylation is 2. The molecule has 1 aliphatic heterocycles. The van der Waals surface area contributed by atoms with Crippen LogP contribution in [0.25, 0.3) is 0 Å². The molecule has 0 bridgehead atoms. The third kappa shape index (κ3) is 4.74. The highest BCUT2D eigenvalue weighted by Gasteiger charge is 2.21. The SMILES string of the molecule is Cc1cc(C)cc(OCCC(=O)N2CCC(CO)CC2)c1. The Labute approximate surface area is 126 Å². The van der Waals surface area contributed by atoms with E-state index in [0.717, 1.165) is 31.7 Å². The molecule has 4 nitrogen and oxygen atoms in total. The zero-order valence-corrected chi connectivity index (χ0v) is 13.0. The van der Waals surface area contributed by atoms with Crippen LogP contribution in [-0.2, 0) is 4.79 Å². The minimum Gasteiger partial charge on any atom is -0.493 e. The summed E-state index contributed by atoms with van der Waals surface area (Å²) >= 11 is 0. The maximum atomic E-state index is 12.1. The predicted octanol–water partition coefficient (Wildman–Crippen LogP) is 2.30. The van der Waals surface area contributed by atoms with Crippen molar-refractivity contribution in [3.8, 4) is 5.75 Å². The Morgan fingerprint density at radius 1 is 1.24 bits per heavy atom. The number of nitrogens with zero attached hydrogens (tertiary/aromatic N) is 1. The fraction of sp³-hybridized carbons (Fsp3) is 0.588. The van der Waals surface area contributed by atoms with Crippen LogP contribution < -0.4 is 4.74 Å². The molecule has 1 aromatic rings. The minimum atomic E-state index is 0.149. The van der Waals surface area contributed by atoms with E-state index < -0.39 is 0 Å². The molecule has 21 heavy (non-hydrogen) atoms. The molecule has 0 radical (unpaired) electrons. The maximum absolute atomic E-state index is 12.1. The number of aliphatic hydroxyl groups is 1. The van der Waals surface area contributed by atoms with Gasteiger partial charge in [-0.15, -0.1) is 0 Å². The van der Waals surface area contributed by atoms with Crippen LogP contribution in [0, 0.1) is 19.8 Å². The molecule has 0 saturated carbocycles. The second-order valence-electron chi connectivity index (χ2n) is 5.93. The smallest absolute Gasteiger partial charge is 0.225 e. The number of carbonyl (C=O) groups is 1. The number of hydrogen-bond acceptors (Lipinski definition) is 3. The minimum absolute atomic E-state index is 0.149. The summed E-state index contributed by atoms with van der Waals surface area (Å²) in [6, 6.07) is 6.08. The van der Waals surface area contributed by atoms with Gasteiger partial charge in [0.1, 0.15) is 5.75 Å². The molecule has 4 heteroatoms. The Morgan fingerprint density at radius 2 is 1.86 bits per heavy atom. The number of likely N-dealkylation sites (tertiary alicyclic amines) is 1. The molecular weight excluding hydrogens is 266 g/mol. The molecule has 0 aromatic heterocycles. The summed E-state index contributed by atoms with van der Waals surface area (Å²) in [5.74, 6) is 1.34. The molecule has 1 fully saturated rings. The number of carbonyl (C=O) groups excluding carboxylic acids is 1. The highest BCUT2D eigenvalue weighted by molar-refractivity contribution is 5.76. The van der Waals surface area contributed by atoms with Crippen molar-refractivity contribution in [2.45, 2.75) is 33.1 Å². The van der Waals surface area contributed by atoms with Gasteiger partial charge in [0.2, 0.25) is 5.91 Å². The second-order valence-corrected chi connectivity index (χ2v) is 5.93. The molecule has 1 aromatic carbocycles. The average Bonchev–Trinajstić information content (AvgIpc) is 2.46. The molecule has 116 valence electrons. The van der Waals surface area contributed by atoms with Crippen LogP contribution in [0.5, 0.6) is 5.75 Å². The lowest BCUT2D eigenvalue weighted by atomic mass is 9.98. The van der Waals surface area contributed by atoms with Gasteiger partial charge in [-0.25, -0.2) is 0 Å². The van der Waals surface area contributed by atoms with Gasteiger partial charge in [0, 0.05) is 19.7 Å². The number of hydrogen-bond donors (Lipinski definition) is 1. The van der Waals surface area contributed by atoms with Gasteiger partial charge in [-0.2, -0.15) is 0 Å². The normalized spacial score (nSPS) is 16.0. The zero-order valence-electron chi connectivity index (χ0n) is 13.0. The summed E-state index contributed by atoms with van der Waals surface area (Å²) in [7, 11) is 0. The van der Waals surface area contributed by atoms with E-state index in [-0.39, 0.29) is 12.5 Å². The van der Waals surface area contributed by atoms with Crippen LogP contribution in [0.3, 0.4) is 0 Å². The van der Waals surface area contributed by atoms with Crippen molar-refractivity contribution in [1.82, 2.24) is 4.90 Å². The summed E-state index contributed by atoms with van der Waals surface area (Å²) in [6.45, 7) is 6.24. The molecule has 1 aliphatic rings. The molecule has 0 spiro atoms. The standard InChI is InChI=1S/C17H25NO3/c1-13-9-14(2)11-16(10-13)21-8-5-17(20)18-6-3-15(12-19)4-7-18/h9-11,15,19H,3-8,12H2,1-2H3. The lowest BCUT2D eigenvalue weighted by Crippen LogP contribution is -2.39. The lowest BCUT2D eigenvalue weighted by Gasteiger charge is -2.31. The summed E-state index contributed by atoms with van der Waals surface area (Å²) in [4.78, 5) is 14.0. The fourth-order valence-corrected chi connectivity index (χ4v) is 2.80. The van der Waals surface area contributed by atoms with Crippen LogP contribution in [0.2, 0.25) is 0 Å². The third-order valence-corrected chi connectivity index (χ3v) is 4.01. The first-order valence-corrected chi connectivity index (χ1v) is 7.68. The van der Waals surface area contributed by atoms with E-state index in [0.29, 0.717) is 18.9 Å². The Balaban J connectivity index is 1.74. The predicted molar refractivity (Wildman–Crippen MR) is 82.4 cm³/mol. The van der Waals surface area contributed by atoms with Crippen LogP contribution >= 0.6 is 0 Å². The van der Waals surface area contributed by atoms with Gasteiger partial charge in [-0.1, -0.05) is 6.07 Å². The molecule has 1 saturated heterocycles. The number of piperidine rings is 1. The third-order valence-electron chi connectivity index (χ3n) is 4.01. The van der Waals surface area contributed by atoms with Gasteiger partial charge >= 0.3 is 0 Å². The number of amides is 1. The maximum Gasteiger partial charge on any atom is 0.225 e. The second kappa shape index (κ2) is 7.46. The van der Waals surface area contributed by atoms with E-state index in [1.165, 1.54) is 11.1 Å². The fourth-order valence-electron chi connectivity index (χ4n) is 2.80. The summed E-state index contributed by atoms with van der Waals surface area (Å²) < 4.78 is 5.68. The summed E-state index contributed by atoms with van der Waals surface area (Å²) in [6.07, 6.45) is 2.22. The van der Waals surface area contributed by atoms with Gasteiger partial charge in [0.15, 0.2) is 0 Å². The highest BCUT2D eigenvalue weighted by atomic mass is 16.5. The Morgan fingerprint density at radius 3 is 2.43 bits per heavy atom. The topological polar surface area (TPSA) is 49.8 Å². The summed E-state index contributed by atoms with van der Waals surface area (Å²) in [5, 5.41) is 9.10. The Bertz CT molecular complexity index is 459. The Hall–Kier alpha value is -1.55.